The molecular formula is C7H13B. The van der Waals surface area contributed by atoms with Gasteiger partial charge in [-0.3, -0.25) is 0 Å². The lowest BCUT2D eigenvalue weighted by Gasteiger charge is -2.13. The van der Waals surface area contributed by atoms with Crippen molar-refractivity contribution >= 4 is 7.85 Å². The Hall–Kier alpha value is -0.195. The van der Waals surface area contributed by atoms with E-state index in [1.165, 1.54) is 19.3 Å². The van der Waals surface area contributed by atoms with E-state index in [1.54, 1.807) is 5.47 Å². The van der Waals surface area contributed by atoms with Gasteiger partial charge in [0.1, 0.15) is 7.85 Å². The second-order valence-electron chi connectivity index (χ2n) is 2.88. The Kier molecular flexibility index (Phi) is 1.77. The standard InChI is InChI=1S/C7H13B/c1-6-3-2-4-7(8)5-6/h5-6H,2-4,8H2,1H3. The zero-order chi connectivity index (χ0) is 5.98. The average molecular weight is 108 g/mol. The zero-order valence-corrected chi connectivity index (χ0v) is 5.78. The summed E-state index contributed by atoms with van der Waals surface area (Å²) in [7, 11) is 2.23. The largest absolute Gasteiger partial charge is 0.133 e. The summed E-state index contributed by atoms with van der Waals surface area (Å²) < 4.78 is 0. The van der Waals surface area contributed by atoms with E-state index in [1.807, 2.05) is 0 Å². The molecule has 0 saturated heterocycles. The van der Waals surface area contributed by atoms with E-state index in [0.717, 1.165) is 5.92 Å². The topological polar surface area (TPSA) is 0 Å². The summed E-state index contributed by atoms with van der Waals surface area (Å²) in [5, 5.41) is 0. The molecule has 0 aliphatic heterocycles. The van der Waals surface area contributed by atoms with Crippen molar-refractivity contribution in [3.05, 3.63) is 11.5 Å². The van der Waals surface area contributed by atoms with Gasteiger partial charge in [0, 0.05) is 0 Å². The first kappa shape index (κ1) is 5.93. The van der Waals surface area contributed by atoms with Gasteiger partial charge >= 0.3 is 0 Å². The fourth-order valence-corrected chi connectivity index (χ4v) is 1.36. The summed E-state index contributed by atoms with van der Waals surface area (Å²) in [5.74, 6) is 0.851. The predicted molar refractivity (Wildman–Crippen MR) is 39.6 cm³/mol. The van der Waals surface area contributed by atoms with Crippen molar-refractivity contribution in [2.24, 2.45) is 5.92 Å². The fourth-order valence-electron chi connectivity index (χ4n) is 1.36. The number of hydrogen-bond acceptors (Lipinski definition) is 0. The van der Waals surface area contributed by atoms with Gasteiger partial charge in [-0.15, -0.1) is 5.47 Å². The smallest absolute Gasteiger partial charge is 0.114 e. The van der Waals surface area contributed by atoms with E-state index in [4.69, 9.17) is 0 Å². The molecule has 1 heteroatoms. The third kappa shape index (κ3) is 1.39. The summed E-state index contributed by atoms with van der Waals surface area (Å²) in [6.07, 6.45) is 6.54. The van der Waals surface area contributed by atoms with Gasteiger partial charge in [0.15, 0.2) is 0 Å². The maximum absolute atomic E-state index is 2.39. The van der Waals surface area contributed by atoms with Crippen molar-refractivity contribution in [3.63, 3.8) is 0 Å². The maximum atomic E-state index is 2.39. The summed E-state index contributed by atoms with van der Waals surface area (Å²) in [4.78, 5) is 0. The van der Waals surface area contributed by atoms with E-state index in [-0.39, 0.29) is 0 Å². The van der Waals surface area contributed by atoms with E-state index in [2.05, 4.69) is 20.8 Å². The molecular weight excluding hydrogens is 94.9 g/mol. The number of hydrogen-bond donors (Lipinski definition) is 0. The minimum Gasteiger partial charge on any atom is -0.114 e. The highest BCUT2D eigenvalue weighted by atomic mass is 14.1. The minimum absolute atomic E-state index is 0.851. The highest BCUT2D eigenvalue weighted by Crippen LogP contribution is 2.19. The van der Waals surface area contributed by atoms with E-state index < -0.39 is 0 Å². The Morgan fingerprint density at radius 3 is 2.88 bits per heavy atom. The Bertz CT molecular complexity index is 105. The predicted octanol–water partition coefficient (Wildman–Crippen LogP) is 1.32. The molecule has 1 aliphatic rings. The molecule has 0 aromatic rings. The molecule has 0 amide bonds. The average Bonchev–Trinajstić information content (AvgIpc) is 1.64. The molecule has 0 nitrogen and oxygen atoms in total. The molecule has 0 bridgehead atoms. The third-order valence-electron chi connectivity index (χ3n) is 1.80. The van der Waals surface area contributed by atoms with E-state index in [0.29, 0.717) is 0 Å². The molecule has 1 unspecified atom stereocenters. The molecule has 44 valence electrons. The van der Waals surface area contributed by atoms with Gasteiger partial charge in [0.2, 0.25) is 0 Å². The Labute approximate surface area is 52.4 Å². The second-order valence-corrected chi connectivity index (χ2v) is 2.88. The molecule has 0 aromatic heterocycles. The van der Waals surface area contributed by atoms with Gasteiger partial charge in [-0.05, 0) is 25.2 Å². The third-order valence-corrected chi connectivity index (χ3v) is 1.80. The first-order chi connectivity index (χ1) is 3.79. The van der Waals surface area contributed by atoms with Crippen molar-refractivity contribution < 1.29 is 0 Å². The summed E-state index contributed by atoms with van der Waals surface area (Å²) in [5.41, 5.74) is 1.59. The Morgan fingerprint density at radius 2 is 2.50 bits per heavy atom. The van der Waals surface area contributed by atoms with Crippen LogP contribution in [0.3, 0.4) is 0 Å². The Morgan fingerprint density at radius 1 is 1.75 bits per heavy atom. The van der Waals surface area contributed by atoms with Crippen LogP contribution in [0.4, 0.5) is 0 Å². The molecule has 0 saturated carbocycles. The van der Waals surface area contributed by atoms with Crippen LogP contribution in [-0.2, 0) is 0 Å². The SMILES string of the molecule is BC1=CC(C)CCC1. The van der Waals surface area contributed by atoms with Crippen molar-refractivity contribution in [2.45, 2.75) is 26.2 Å². The van der Waals surface area contributed by atoms with Crippen LogP contribution >= 0.6 is 0 Å². The van der Waals surface area contributed by atoms with Crippen LogP contribution in [0.25, 0.3) is 0 Å². The van der Waals surface area contributed by atoms with Gasteiger partial charge < -0.3 is 0 Å². The molecule has 1 aliphatic carbocycles. The maximum Gasteiger partial charge on any atom is 0.133 e. The molecule has 8 heavy (non-hydrogen) atoms. The van der Waals surface area contributed by atoms with Crippen molar-refractivity contribution in [1.29, 1.82) is 0 Å². The lowest BCUT2D eigenvalue weighted by atomic mass is 9.82. The van der Waals surface area contributed by atoms with Crippen LogP contribution in [0, 0.1) is 5.92 Å². The van der Waals surface area contributed by atoms with Crippen LogP contribution in [0.15, 0.2) is 11.5 Å². The molecule has 0 radical (unpaired) electrons. The monoisotopic (exact) mass is 108 g/mol. The molecule has 0 spiro atoms. The number of rotatable bonds is 0. The quantitative estimate of drug-likeness (QED) is 0.410. The minimum atomic E-state index is 0.851. The summed E-state index contributed by atoms with van der Waals surface area (Å²) in [6, 6.07) is 0. The molecule has 1 rings (SSSR count). The lowest BCUT2D eigenvalue weighted by molar-refractivity contribution is 0.579. The number of allylic oxidation sites excluding steroid dienone is 2. The van der Waals surface area contributed by atoms with Gasteiger partial charge in [-0.2, -0.15) is 0 Å². The molecule has 0 heterocycles. The van der Waals surface area contributed by atoms with E-state index >= 15 is 0 Å². The normalized spacial score (nSPS) is 29.6. The van der Waals surface area contributed by atoms with Gasteiger partial charge in [0.05, 0.1) is 0 Å². The van der Waals surface area contributed by atoms with Gasteiger partial charge in [0.25, 0.3) is 0 Å². The summed E-state index contributed by atoms with van der Waals surface area (Å²) >= 11 is 0. The highest BCUT2D eigenvalue weighted by Gasteiger charge is 2.04. The van der Waals surface area contributed by atoms with Crippen molar-refractivity contribution in [2.75, 3.05) is 0 Å². The van der Waals surface area contributed by atoms with Gasteiger partial charge in [-0.25, -0.2) is 0 Å². The first-order valence-electron chi connectivity index (χ1n) is 3.46. The summed E-state index contributed by atoms with van der Waals surface area (Å²) in [6.45, 7) is 2.29. The van der Waals surface area contributed by atoms with Crippen LogP contribution in [0.2, 0.25) is 0 Å². The molecule has 0 aromatic carbocycles. The lowest BCUT2D eigenvalue weighted by Crippen LogP contribution is -1.99. The molecule has 1 atom stereocenters. The van der Waals surface area contributed by atoms with E-state index in [9.17, 15) is 0 Å². The molecule has 0 fully saturated rings. The van der Waals surface area contributed by atoms with Crippen LogP contribution in [-0.4, -0.2) is 7.85 Å². The second kappa shape index (κ2) is 2.39. The highest BCUT2D eigenvalue weighted by molar-refractivity contribution is 6.21. The first-order valence-corrected chi connectivity index (χ1v) is 3.46. The van der Waals surface area contributed by atoms with Crippen molar-refractivity contribution in [3.8, 4) is 0 Å². The van der Waals surface area contributed by atoms with Crippen molar-refractivity contribution in [1.82, 2.24) is 0 Å². The zero-order valence-electron chi connectivity index (χ0n) is 5.78. The van der Waals surface area contributed by atoms with Crippen LogP contribution < -0.4 is 0 Å². The Balaban J connectivity index is 2.50. The fraction of sp³-hybridized carbons (Fsp3) is 0.714. The molecule has 0 N–H and O–H groups in total. The van der Waals surface area contributed by atoms with Crippen LogP contribution in [0.5, 0.6) is 0 Å². The van der Waals surface area contributed by atoms with Crippen LogP contribution in [0.1, 0.15) is 26.2 Å². The van der Waals surface area contributed by atoms with Gasteiger partial charge in [-0.1, -0.05) is 13.0 Å².